The second-order valence-electron chi connectivity index (χ2n) is 6.00. The van der Waals surface area contributed by atoms with Crippen molar-refractivity contribution in [2.75, 3.05) is 26.7 Å². The van der Waals surface area contributed by atoms with Gasteiger partial charge in [0.25, 0.3) is 0 Å². The molecule has 5 atom stereocenters. The summed E-state index contributed by atoms with van der Waals surface area (Å²) in [7, 11) is 2.06. The van der Waals surface area contributed by atoms with Crippen LogP contribution in [0.25, 0.3) is 0 Å². The van der Waals surface area contributed by atoms with E-state index in [4.69, 9.17) is 10.5 Å². The molecular formula is C13H23N3O2. The van der Waals surface area contributed by atoms with Gasteiger partial charge in [0, 0.05) is 25.1 Å². The minimum atomic E-state index is 0.0358. The summed E-state index contributed by atoms with van der Waals surface area (Å²) in [5.41, 5.74) is 6.15. The number of hydrogen-bond donors (Lipinski definition) is 2. The number of amides is 1. The first-order valence-corrected chi connectivity index (χ1v) is 7.03. The molecule has 3 N–H and O–H groups in total. The molecule has 0 aromatic heterocycles. The van der Waals surface area contributed by atoms with E-state index in [9.17, 15) is 4.79 Å². The molecule has 5 nitrogen and oxygen atoms in total. The molecule has 1 saturated carbocycles. The fourth-order valence-electron chi connectivity index (χ4n) is 3.56. The largest absolute Gasteiger partial charge is 0.376 e. The van der Waals surface area contributed by atoms with Crippen LogP contribution in [0.15, 0.2) is 0 Å². The number of fused-ring (bicyclic) bond motifs is 1. The molecule has 0 radical (unpaired) electrons. The number of ether oxygens (including phenoxy) is 1. The first-order valence-electron chi connectivity index (χ1n) is 7.03. The molecule has 102 valence electrons. The Labute approximate surface area is 108 Å². The zero-order valence-electron chi connectivity index (χ0n) is 11.0. The van der Waals surface area contributed by atoms with E-state index < -0.39 is 0 Å². The minimum Gasteiger partial charge on any atom is -0.376 e. The predicted molar refractivity (Wildman–Crippen MR) is 68.0 cm³/mol. The van der Waals surface area contributed by atoms with Crippen LogP contribution in [-0.4, -0.2) is 55.7 Å². The zero-order chi connectivity index (χ0) is 12.7. The van der Waals surface area contributed by atoms with E-state index >= 15 is 0 Å². The maximum Gasteiger partial charge on any atom is 0.224 e. The second-order valence-corrected chi connectivity index (χ2v) is 6.00. The maximum atomic E-state index is 12.2. The Morgan fingerprint density at radius 2 is 2.28 bits per heavy atom. The Morgan fingerprint density at radius 1 is 1.44 bits per heavy atom. The van der Waals surface area contributed by atoms with Gasteiger partial charge >= 0.3 is 0 Å². The number of hydrogen-bond acceptors (Lipinski definition) is 4. The normalized spacial score (nSPS) is 44.2. The molecule has 3 fully saturated rings. The Morgan fingerprint density at radius 3 is 3.00 bits per heavy atom. The number of carbonyl (C=O) groups is 1. The van der Waals surface area contributed by atoms with Gasteiger partial charge in [-0.15, -0.1) is 0 Å². The summed E-state index contributed by atoms with van der Waals surface area (Å²) in [4.78, 5) is 14.4. The Balaban J connectivity index is 1.55. The van der Waals surface area contributed by atoms with Gasteiger partial charge in [0.15, 0.2) is 0 Å². The van der Waals surface area contributed by atoms with Crippen LogP contribution in [0.4, 0.5) is 0 Å². The molecule has 0 aromatic rings. The van der Waals surface area contributed by atoms with Gasteiger partial charge in [-0.05, 0) is 32.9 Å². The Hall–Kier alpha value is -0.650. The summed E-state index contributed by atoms with van der Waals surface area (Å²) in [5, 5.41) is 3.11. The molecule has 5 heteroatoms. The van der Waals surface area contributed by atoms with Crippen molar-refractivity contribution in [3.63, 3.8) is 0 Å². The standard InChI is InChI=1S/C13H23N3O2/c1-16-5-4-8(7-16)13(17)15-11-10(14)9-3-2-6-18-12(9)11/h8-12H,2-7,14H2,1H3,(H,15,17). The molecule has 2 heterocycles. The van der Waals surface area contributed by atoms with Crippen molar-refractivity contribution in [2.45, 2.75) is 37.5 Å². The van der Waals surface area contributed by atoms with Crippen LogP contribution < -0.4 is 11.1 Å². The highest BCUT2D eigenvalue weighted by molar-refractivity contribution is 5.79. The van der Waals surface area contributed by atoms with Crippen molar-refractivity contribution in [1.82, 2.24) is 10.2 Å². The van der Waals surface area contributed by atoms with Crippen LogP contribution in [0.1, 0.15) is 19.3 Å². The molecule has 18 heavy (non-hydrogen) atoms. The molecule has 2 saturated heterocycles. The van der Waals surface area contributed by atoms with Crippen LogP contribution in [-0.2, 0) is 9.53 Å². The number of likely N-dealkylation sites (tertiary alicyclic amines) is 1. The van der Waals surface area contributed by atoms with E-state index in [1.54, 1.807) is 0 Å². The van der Waals surface area contributed by atoms with Crippen LogP contribution in [0, 0.1) is 11.8 Å². The third-order valence-electron chi connectivity index (χ3n) is 4.75. The molecule has 3 rings (SSSR count). The van der Waals surface area contributed by atoms with Gasteiger partial charge in [0.2, 0.25) is 5.91 Å². The van der Waals surface area contributed by atoms with E-state index in [2.05, 4.69) is 17.3 Å². The predicted octanol–water partition coefficient (Wildman–Crippen LogP) is -0.441. The summed E-state index contributed by atoms with van der Waals surface area (Å²) in [5.74, 6) is 0.743. The molecule has 0 bridgehead atoms. The average Bonchev–Trinajstić information content (AvgIpc) is 2.82. The fraction of sp³-hybridized carbons (Fsp3) is 0.923. The van der Waals surface area contributed by atoms with Crippen molar-refractivity contribution in [1.29, 1.82) is 0 Å². The summed E-state index contributed by atoms with van der Waals surface area (Å²) >= 11 is 0. The van der Waals surface area contributed by atoms with Crippen LogP contribution >= 0.6 is 0 Å². The van der Waals surface area contributed by atoms with Gasteiger partial charge in [-0.3, -0.25) is 4.79 Å². The SMILES string of the molecule is CN1CCC(C(=O)NC2C(N)C3CCCOC32)C1. The van der Waals surface area contributed by atoms with E-state index in [0.717, 1.165) is 39.0 Å². The molecule has 1 amide bonds. The quantitative estimate of drug-likeness (QED) is 0.700. The monoisotopic (exact) mass is 253 g/mol. The molecule has 0 aromatic carbocycles. The summed E-state index contributed by atoms with van der Waals surface area (Å²) in [6.07, 6.45) is 3.36. The Kier molecular flexibility index (Phi) is 3.30. The van der Waals surface area contributed by atoms with E-state index in [0.29, 0.717) is 5.92 Å². The first kappa shape index (κ1) is 12.4. The van der Waals surface area contributed by atoms with Crippen molar-refractivity contribution in [3.05, 3.63) is 0 Å². The molecule has 1 aliphatic carbocycles. The van der Waals surface area contributed by atoms with E-state index in [1.807, 2.05) is 0 Å². The van der Waals surface area contributed by atoms with Crippen molar-refractivity contribution in [2.24, 2.45) is 17.6 Å². The highest BCUT2D eigenvalue weighted by atomic mass is 16.5. The van der Waals surface area contributed by atoms with Crippen LogP contribution in [0.5, 0.6) is 0 Å². The first-order chi connectivity index (χ1) is 8.66. The highest BCUT2D eigenvalue weighted by Crippen LogP contribution is 2.37. The number of rotatable bonds is 2. The number of nitrogens with zero attached hydrogens (tertiary/aromatic N) is 1. The summed E-state index contributed by atoms with van der Waals surface area (Å²) in [6, 6.07) is 0.118. The molecule has 2 aliphatic heterocycles. The average molecular weight is 253 g/mol. The molecule has 5 unspecified atom stereocenters. The van der Waals surface area contributed by atoms with Crippen LogP contribution in [0.2, 0.25) is 0 Å². The molecular weight excluding hydrogens is 230 g/mol. The number of carbonyl (C=O) groups excluding carboxylic acids is 1. The zero-order valence-corrected chi connectivity index (χ0v) is 11.0. The third kappa shape index (κ3) is 2.04. The molecule has 3 aliphatic rings. The topological polar surface area (TPSA) is 67.6 Å². The second kappa shape index (κ2) is 4.79. The lowest BCUT2D eigenvalue weighted by Crippen LogP contribution is -2.72. The van der Waals surface area contributed by atoms with E-state index in [-0.39, 0.29) is 30.0 Å². The van der Waals surface area contributed by atoms with Gasteiger partial charge in [-0.1, -0.05) is 0 Å². The summed E-state index contributed by atoms with van der Waals surface area (Å²) in [6.45, 7) is 2.69. The van der Waals surface area contributed by atoms with Crippen molar-refractivity contribution in [3.8, 4) is 0 Å². The molecule has 0 spiro atoms. The van der Waals surface area contributed by atoms with Gasteiger partial charge in [-0.2, -0.15) is 0 Å². The number of nitrogens with two attached hydrogens (primary N) is 1. The fourth-order valence-corrected chi connectivity index (χ4v) is 3.56. The summed E-state index contributed by atoms with van der Waals surface area (Å²) < 4.78 is 5.74. The van der Waals surface area contributed by atoms with Gasteiger partial charge in [0.05, 0.1) is 18.1 Å². The lowest BCUT2D eigenvalue weighted by molar-refractivity contribution is -0.141. The minimum absolute atomic E-state index is 0.0358. The maximum absolute atomic E-state index is 12.2. The number of nitrogens with one attached hydrogen (secondary N) is 1. The van der Waals surface area contributed by atoms with Crippen LogP contribution in [0.3, 0.4) is 0 Å². The van der Waals surface area contributed by atoms with Crippen molar-refractivity contribution >= 4 is 5.91 Å². The third-order valence-corrected chi connectivity index (χ3v) is 4.75. The van der Waals surface area contributed by atoms with E-state index in [1.165, 1.54) is 0 Å². The smallest absolute Gasteiger partial charge is 0.224 e. The Bertz CT molecular complexity index is 336. The van der Waals surface area contributed by atoms with Crippen molar-refractivity contribution < 1.29 is 9.53 Å². The van der Waals surface area contributed by atoms with Gasteiger partial charge < -0.3 is 20.7 Å². The lowest BCUT2D eigenvalue weighted by atomic mass is 9.68. The lowest BCUT2D eigenvalue weighted by Gasteiger charge is -2.52. The van der Waals surface area contributed by atoms with Gasteiger partial charge in [-0.25, -0.2) is 0 Å². The van der Waals surface area contributed by atoms with Gasteiger partial charge in [0.1, 0.15) is 0 Å². The highest BCUT2D eigenvalue weighted by Gasteiger charge is 2.51.